The summed E-state index contributed by atoms with van der Waals surface area (Å²) in [5.41, 5.74) is 1.89. The van der Waals surface area contributed by atoms with Crippen LogP contribution in [0.4, 0.5) is 0 Å². The molecular weight excluding hydrogens is 492 g/mol. The lowest BCUT2D eigenvalue weighted by atomic mass is 10.1. The SMILES string of the molecule is CC1(C)O[C@@H]2[C@H](O1)[C@@H](CO[Si](c1ccccc1)(c1ccccc1)C(C)(C)C)O[C@@H]2c1nc2ccccc2[nH]1. The second kappa shape index (κ2) is 9.43. The van der Waals surface area contributed by atoms with E-state index in [9.17, 15) is 0 Å². The van der Waals surface area contributed by atoms with E-state index in [1.165, 1.54) is 10.4 Å². The highest BCUT2D eigenvalue weighted by molar-refractivity contribution is 6.99. The Labute approximate surface area is 225 Å². The molecule has 4 atom stereocenters. The van der Waals surface area contributed by atoms with Gasteiger partial charge >= 0.3 is 0 Å². The molecule has 0 radical (unpaired) electrons. The number of rotatable bonds is 6. The van der Waals surface area contributed by atoms with Crippen LogP contribution >= 0.6 is 0 Å². The van der Waals surface area contributed by atoms with Gasteiger partial charge in [-0.1, -0.05) is 93.6 Å². The Morgan fingerprint density at radius 3 is 2.03 bits per heavy atom. The van der Waals surface area contributed by atoms with Crippen molar-refractivity contribution >= 4 is 29.7 Å². The third kappa shape index (κ3) is 4.32. The molecule has 2 aliphatic heterocycles. The van der Waals surface area contributed by atoms with Gasteiger partial charge in [0.2, 0.25) is 0 Å². The van der Waals surface area contributed by atoms with Crippen molar-refractivity contribution in [1.82, 2.24) is 9.97 Å². The van der Waals surface area contributed by atoms with Gasteiger partial charge in [-0.15, -0.1) is 0 Å². The van der Waals surface area contributed by atoms with Crippen molar-refractivity contribution in [2.45, 2.75) is 69.9 Å². The number of H-pyrrole nitrogens is 1. The third-order valence-electron chi connectivity index (χ3n) is 7.71. The van der Waals surface area contributed by atoms with E-state index in [2.05, 4.69) is 86.4 Å². The highest BCUT2D eigenvalue weighted by Crippen LogP contribution is 2.46. The lowest BCUT2D eigenvalue weighted by molar-refractivity contribution is -0.191. The molecule has 0 amide bonds. The maximum absolute atomic E-state index is 7.22. The summed E-state index contributed by atoms with van der Waals surface area (Å²) in [6.45, 7) is 11.2. The number of nitrogens with zero attached hydrogens (tertiary/aromatic N) is 1. The van der Waals surface area contributed by atoms with Crippen LogP contribution in [0.15, 0.2) is 84.9 Å². The Morgan fingerprint density at radius 2 is 1.42 bits per heavy atom. The Bertz CT molecular complexity index is 1330. The Balaban J connectivity index is 1.36. The summed E-state index contributed by atoms with van der Waals surface area (Å²) in [4.78, 5) is 8.27. The van der Waals surface area contributed by atoms with Gasteiger partial charge in [0.25, 0.3) is 8.32 Å². The van der Waals surface area contributed by atoms with Gasteiger partial charge in [-0.2, -0.15) is 0 Å². The molecule has 4 aromatic rings. The quantitative estimate of drug-likeness (QED) is 0.353. The molecule has 38 heavy (non-hydrogen) atoms. The second-order valence-electron chi connectivity index (χ2n) is 11.8. The summed E-state index contributed by atoms with van der Waals surface area (Å²) < 4.78 is 26.7. The predicted molar refractivity (Wildman–Crippen MR) is 151 cm³/mol. The number of para-hydroxylation sites is 2. The van der Waals surface area contributed by atoms with Crippen molar-refractivity contribution in [3.63, 3.8) is 0 Å². The van der Waals surface area contributed by atoms with E-state index in [1.807, 2.05) is 38.1 Å². The number of hydrogen-bond acceptors (Lipinski definition) is 5. The van der Waals surface area contributed by atoms with Gasteiger partial charge in [-0.3, -0.25) is 0 Å². The first-order chi connectivity index (χ1) is 18.2. The summed E-state index contributed by atoms with van der Waals surface area (Å²) in [6.07, 6.45) is -1.22. The van der Waals surface area contributed by atoms with Crippen molar-refractivity contribution in [2.75, 3.05) is 6.61 Å². The lowest BCUT2D eigenvalue weighted by Gasteiger charge is -2.43. The van der Waals surface area contributed by atoms with Crippen LogP contribution in [0.1, 0.15) is 46.5 Å². The molecule has 6 rings (SSSR count). The van der Waals surface area contributed by atoms with Crippen molar-refractivity contribution in [2.24, 2.45) is 0 Å². The fourth-order valence-corrected chi connectivity index (χ4v) is 10.7. The van der Waals surface area contributed by atoms with Crippen molar-refractivity contribution < 1.29 is 18.6 Å². The molecule has 0 spiro atoms. The molecular formula is C31H36N2O4Si. The number of nitrogens with one attached hydrogen (secondary N) is 1. The van der Waals surface area contributed by atoms with E-state index in [0.717, 1.165) is 16.9 Å². The lowest BCUT2D eigenvalue weighted by Crippen LogP contribution is -2.67. The summed E-state index contributed by atoms with van der Waals surface area (Å²) in [5, 5.41) is 2.36. The van der Waals surface area contributed by atoms with Crippen LogP contribution in [0, 0.1) is 0 Å². The van der Waals surface area contributed by atoms with Crippen LogP contribution in [0.25, 0.3) is 11.0 Å². The summed E-state index contributed by atoms with van der Waals surface area (Å²) in [5.74, 6) is 0.0504. The zero-order valence-corrected chi connectivity index (χ0v) is 23.7. The van der Waals surface area contributed by atoms with E-state index in [0.29, 0.717) is 6.61 Å². The molecule has 7 heteroatoms. The number of aromatic amines is 1. The topological polar surface area (TPSA) is 65.6 Å². The highest BCUT2D eigenvalue weighted by atomic mass is 28.4. The largest absolute Gasteiger partial charge is 0.405 e. The summed E-state index contributed by atoms with van der Waals surface area (Å²) in [7, 11) is -2.72. The van der Waals surface area contributed by atoms with Gasteiger partial charge < -0.3 is 23.6 Å². The molecule has 6 nitrogen and oxygen atoms in total. The second-order valence-corrected chi connectivity index (χ2v) is 16.1. The number of hydrogen-bond donors (Lipinski definition) is 1. The summed E-state index contributed by atoms with van der Waals surface area (Å²) >= 11 is 0. The minimum absolute atomic E-state index is 0.127. The van der Waals surface area contributed by atoms with Gasteiger partial charge in [-0.05, 0) is 41.4 Å². The maximum atomic E-state index is 7.22. The van der Waals surface area contributed by atoms with Gasteiger partial charge in [0.1, 0.15) is 30.2 Å². The number of imidazole rings is 1. The molecule has 3 aromatic carbocycles. The van der Waals surface area contributed by atoms with E-state index in [4.69, 9.17) is 23.6 Å². The number of ether oxygens (including phenoxy) is 3. The van der Waals surface area contributed by atoms with Gasteiger partial charge in [0, 0.05) is 0 Å². The predicted octanol–water partition coefficient (Wildman–Crippen LogP) is 5.10. The fraction of sp³-hybridized carbons (Fsp3) is 0.387. The van der Waals surface area contributed by atoms with Crippen molar-refractivity contribution in [3.8, 4) is 0 Å². The molecule has 2 saturated heterocycles. The normalized spacial score (nSPS) is 25.1. The van der Waals surface area contributed by atoms with Crippen LogP contribution in [0.3, 0.4) is 0 Å². The zero-order valence-electron chi connectivity index (χ0n) is 22.7. The fourth-order valence-electron chi connectivity index (χ4n) is 6.11. The van der Waals surface area contributed by atoms with Crippen LogP contribution in [-0.4, -0.2) is 49.0 Å². The molecule has 2 aliphatic rings. The average Bonchev–Trinajstić information content (AvgIpc) is 3.55. The average molecular weight is 529 g/mol. The Morgan fingerprint density at radius 1 is 0.842 bits per heavy atom. The number of aromatic nitrogens is 2. The Kier molecular flexibility index (Phi) is 6.32. The summed E-state index contributed by atoms with van der Waals surface area (Å²) in [6, 6.07) is 29.4. The Hall–Kier alpha value is -2.81. The first-order valence-electron chi connectivity index (χ1n) is 13.4. The van der Waals surface area contributed by atoms with Crippen molar-refractivity contribution in [3.05, 3.63) is 90.8 Å². The molecule has 3 heterocycles. The molecule has 0 aliphatic carbocycles. The zero-order chi connectivity index (χ0) is 26.5. The molecule has 0 saturated carbocycles. The van der Waals surface area contributed by atoms with Gasteiger partial charge in [-0.25, -0.2) is 4.98 Å². The van der Waals surface area contributed by atoms with Crippen LogP contribution in [0.2, 0.25) is 5.04 Å². The number of benzene rings is 3. The van der Waals surface area contributed by atoms with E-state index < -0.39 is 14.1 Å². The van der Waals surface area contributed by atoms with Crippen LogP contribution in [-0.2, 0) is 18.6 Å². The standard InChI is InChI=1S/C31H36N2O4Si/c1-30(2,3)38(21-14-8-6-9-15-21,22-16-10-7-11-17-22)34-20-25-26-27(37-31(4,5)36-26)28(35-25)29-32-23-18-12-13-19-24(23)33-29/h6-19,25-28H,20H2,1-5H3,(H,32,33)/t25-,26-,27-,28+/m1/s1. The first kappa shape index (κ1) is 25.5. The number of fused-ring (bicyclic) bond motifs is 2. The molecule has 1 N–H and O–H groups in total. The molecule has 0 unspecified atom stereocenters. The van der Waals surface area contributed by atoms with Crippen LogP contribution < -0.4 is 10.4 Å². The molecule has 1 aromatic heterocycles. The molecule has 198 valence electrons. The minimum atomic E-state index is -2.72. The monoisotopic (exact) mass is 528 g/mol. The van der Waals surface area contributed by atoms with Crippen molar-refractivity contribution in [1.29, 1.82) is 0 Å². The molecule has 2 fully saturated rings. The first-order valence-corrected chi connectivity index (χ1v) is 15.3. The minimum Gasteiger partial charge on any atom is -0.405 e. The highest BCUT2D eigenvalue weighted by Gasteiger charge is 2.58. The van der Waals surface area contributed by atoms with Gasteiger partial charge in [0.05, 0.1) is 17.6 Å². The van der Waals surface area contributed by atoms with E-state index in [-0.39, 0.29) is 29.5 Å². The third-order valence-corrected chi connectivity index (χ3v) is 12.7. The van der Waals surface area contributed by atoms with E-state index >= 15 is 0 Å². The van der Waals surface area contributed by atoms with Crippen LogP contribution in [0.5, 0.6) is 0 Å². The smallest absolute Gasteiger partial charge is 0.261 e. The molecule has 0 bridgehead atoms. The van der Waals surface area contributed by atoms with Gasteiger partial charge in [0.15, 0.2) is 5.79 Å². The maximum Gasteiger partial charge on any atom is 0.261 e. The van der Waals surface area contributed by atoms with E-state index in [1.54, 1.807) is 0 Å².